The summed E-state index contributed by atoms with van der Waals surface area (Å²) in [5, 5.41) is 11.0. The molecule has 1 aliphatic carbocycles. The van der Waals surface area contributed by atoms with Crippen LogP contribution in [-0.4, -0.2) is 12.4 Å². The number of fused-ring (bicyclic) bond motifs is 6. The third-order valence-corrected chi connectivity index (χ3v) is 9.94. The van der Waals surface area contributed by atoms with Gasteiger partial charge in [-0.15, -0.1) is 0 Å². The Bertz CT molecular complexity index is 2580. The molecule has 1 aliphatic heterocycles. The largest absolute Gasteiger partial charge is 0.456 e. The Morgan fingerprint density at radius 3 is 2.33 bits per heavy atom. The number of dihydropyridines is 1. The Hall–Kier alpha value is -6.13. The molecular formula is C45H35N3O. The fourth-order valence-corrected chi connectivity index (χ4v) is 7.32. The minimum absolute atomic E-state index is 0.515. The Kier molecular flexibility index (Phi) is 7.20. The van der Waals surface area contributed by atoms with Gasteiger partial charge in [0.1, 0.15) is 17.0 Å². The fraction of sp³-hybridized carbons (Fsp3) is 0.0889. The van der Waals surface area contributed by atoms with Crippen molar-refractivity contribution < 1.29 is 4.42 Å². The molecule has 4 nitrogen and oxygen atoms in total. The van der Waals surface area contributed by atoms with E-state index < -0.39 is 0 Å². The van der Waals surface area contributed by atoms with E-state index in [4.69, 9.17) is 15.1 Å². The first-order valence-corrected chi connectivity index (χ1v) is 16.9. The molecule has 0 saturated heterocycles. The van der Waals surface area contributed by atoms with Crippen molar-refractivity contribution in [3.8, 4) is 0 Å². The Morgan fingerprint density at radius 1 is 0.633 bits per heavy atom. The van der Waals surface area contributed by atoms with Crippen molar-refractivity contribution in [3.05, 3.63) is 173 Å². The van der Waals surface area contributed by atoms with E-state index in [-0.39, 0.29) is 0 Å². The van der Waals surface area contributed by atoms with Gasteiger partial charge < -0.3 is 15.5 Å². The molecule has 0 fully saturated rings. The van der Waals surface area contributed by atoms with Gasteiger partial charge in [-0.25, -0.2) is 0 Å². The second-order valence-corrected chi connectivity index (χ2v) is 12.9. The van der Waals surface area contributed by atoms with Crippen molar-refractivity contribution >= 4 is 66.2 Å². The lowest BCUT2D eigenvalue weighted by atomic mass is 9.93. The second-order valence-electron chi connectivity index (χ2n) is 12.9. The molecule has 0 amide bonds. The number of hydrogen-bond donors (Lipinski definition) is 2. The summed E-state index contributed by atoms with van der Waals surface area (Å²) in [7, 11) is 0. The van der Waals surface area contributed by atoms with Crippen LogP contribution in [0.4, 0.5) is 0 Å². The molecular weight excluding hydrogens is 599 g/mol. The summed E-state index contributed by atoms with van der Waals surface area (Å²) in [6, 6.07) is 43.0. The van der Waals surface area contributed by atoms with Crippen LogP contribution in [0.5, 0.6) is 0 Å². The van der Waals surface area contributed by atoms with Gasteiger partial charge in [-0.1, -0.05) is 115 Å². The van der Waals surface area contributed by atoms with Gasteiger partial charge in [0.2, 0.25) is 0 Å². The molecule has 2 aliphatic rings. The summed E-state index contributed by atoms with van der Waals surface area (Å²) < 4.78 is 6.33. The number of nitrogens with one attached hydrogen (secondary N) is 1. The summed E-state index contributed by atoms with van der Waals surface area (Å²) in [6.45, 7) is 1.24. The molecule has 2 heterocycles. The molecule has 0 saturated carbocycles. The molecule has 0 atom stereocenters. The Balaban J connectivity index is 0.994. The summed E-state index contributed by atoms with van der Waals surface area (Å²) in [4.78, 5) is 4.81. The summed E-state index contributed by atoms with van der Waals surface area (Å²) in [6.07, 6.45) is 10.6. The average Bonchev–Trinajstić information content (AvgIpc) is 3.55. The SMILES string of the molecule is NC(=NCc1ccc2oc3cccc(C4=CC=C(c5ccc6c(ccc7ccccc76)c5)NC4)c3c2c1)C1=CC=C(c2ccccc2)CC1. The third-order valence-electron chi connectivity index (χ3n) is 9.94. The normalized spacial score (nSPS) is 15.2. The zero-order chi connectivity index (χ0) is 32.7. The van der Waals surface area contributed by atoms with Crippen LogP contribution in [0, 0.1) is 0 Å². The van der Waals surface area contributed by atoms with E-state index in [0.717, 1.165) is 58.2 Å². The van der Waals surface area contributed by atoms with Crippen LogP contribution in [0.2, 0.25) is 0 Å². The van der Waals surface area contributed by atoms with E-state index in [1.165, 1.54) is 49.4 Å². The quantitative estimate of drug-likeness (QED) is 0.109. The highest BCUT2D eigenvalue weighted by atomic mass is 16.3. The minimum atomic E-state index is 0.515. The molecule has 0 spiro atoms. The number of nitrogens with zero attached hydrogens (tertiary/aromatic N) is 1. The number of aliphatic imine (C=N–C) groups is 1. The molecule has 1 aromatic heterocycles. The Labute approximate surface area is 285 Å². The average molecular weight is 634 g/mol. The van der Waals surface area contributed by atoms with Crippen LogP contribution in [0.1, 0.15) is 35.1 Å². The maximum absolute atomic E-state index is 6.50. The lowest BCUT2D eigenvalue weighted by molar-refractivity contribution is 0.668. The smallest absolute Gasteiger partial charge is 0.136 e. The van der Waals surface area contributed by atoms with Crippen LogP contribution in [-0.2, 0) is 6.54 Å². The highest BCUT2D eigenvalue weighted by Crippen LogP contribution is 2.37. The second kappa shape index (κ2) is 12.1. The lowest BCUT2D eigenvalue weighted by Crippen LogP contribution is -2.18. The summed E-state index contributed by atoms with van der Waals surface area (Å²) >= 11 is 0. The van der Waals surface area contributed by atoms with E-state index in [0.29, 0.717) is 12.4 Å². The number of amidine groups is 1. The van der Waals surface area contributed by atoms with Crippen LogP contribution < -0.4 is 11.1 Å². The molecule has 6 aromatic carbocycles. The van der Waals surface area contributed by atoms with E-state index in [1.807, 2.05) is 0 Å². The Morgan fingerprint density at radius 2 is 1.47 bits per heavy atom. The van der Waals surface area contributed by atoms with Crippen molar-refractivity contribution in [2.75, 3.05) is 6.54 Å². The standard InChI is InChI=1S/C45H35N3O/c46-45(33-17-14-31(15-18-33)30-7-2-1-3-8-30)48-27-29-13-24-42-40(25-29)44-39(11-6-12-43(44)49-42)36-21-23-41(47-28-36)35-20-22-38-34(26-35)19-16-32-9-4-5-10-37(32)38/h1-14,16-17,19-26,47H,15,18,27-28H2,(H2,46,48). The predicted octanol–water partition coefficient (Wildman–Crippen LogP) is 10.6. The molecule has 49 heavy (non-hydrogen) atoms. The summed E-state index contributed by atoms with van der Waals surface area (Å²) in [5.41, 5.74) is 17.8. The monoisotopic (exact) mass is 633 g/mol. The van der Waals surface area contributed by atoms with Gasteiger partial charge in [-0.3, -0.25) is 4.99 Å². The highest BCUT2D eigenvalue weighted by molar-refractivity contribution is 6.11. The molecule has 236 valence electrons. The van der Waals surface area contributed by atoms with Crippen LogP contribution in [0.15, 0.2) is 161 Å². The third kappa shape index (κ3) is 5.41. The molecule has 0 unspecified atom stereocenters. The van der Waals surface area contributed by atoms with E-state index in [1.54, 1.807) is 0 Å². The van der Waals surface area contributed by atoms with E-state index >= 15 is 0 Å². The molecule has 3 N–H and O–H groups in total. The number of nitrogens with two attached hydrogens (primary N) is 1. The lowest BCUT2D eigenvalue weighted by Gasteiger charge is -2.19. The molecule has 4 heteroatoms. The van der Waals surface area contributed by atoms with Crippen molar-refractivity contribution in [1.29, 1.82) is 0 Å². The maximum atomic E-state index is 6.50. The molecule has 0 bridgehead atoms. The van der Waals surface area contributed by atoms with E-state index in [9.17, 15) is 0 Å². The first-order chi connectivity index (χ1) is 24.2. The van der Waals surface area contributed by atoms with Crippen molar-refractivity contribution in [2.45, 2.75) is 19.4 Å². The zero-order valence-electron chi connectivity index (χ0n) is 27.1. The number of hydrogen-bond acceptors (Lipinski definition) is 3. The molecule has 9 rings (SSSR count). The number of furan rings is 1. The first-order valence-electron chi connectivity index (χ1n) is 16.9. The van der Waals surface area contributed by atoms with Crippen molar-refractivity contribution in [3.63, 3.8) is 0 Å². The van der Waals surface area contributed by atoms with E-state index in [2.05, 4.69) is 151 Å². The van der Waals surface area contributed by atoms with Gasteiger partial charge in [-0.2, -0.15) is 0 Å². The fourth-order valence-electron chi connectivity index (χ4n) is 7.32. The van der Waals surface area contributed by atoms with Gasteiger partial charge in [0.15, 0.2) is 0 Å². The highest BCUT2D eigenvalue weighted by Gasteiger charge is 2.17. The topological polar surface area (TPSA) is 63.5 Å². The van der Waals surface area contributed by atoms with Crippen LogP contribution in [0.3, 0.4) is 0 Å². The van der Waals surface area contributed by atoms with Gasteiger partial charge >= 0.3 is 0 Å². The molecule has 7 aromatic rings. The molecule has 0 radical (unpaired) electrons. The first kappa shape index (κ1) is 29.0. The minimum Gasteiger partial charge on any atom is -0.456 e. The van der Waals surface area contributed by atoms with Gasteiger partial charge in [0.25, 0.3) is 0 Å². The van der Waals surface area contributed by atoms with Crippen molar-refractivity contribution in [1.82, 2.24) is 5.32 Å². The van der Waals surface area contributed by atoms with Crippen LogP contribution >= 0.6 is 0 Å². The predicted molar refractivity (Wildman–Crippen MR) is 206 cm³/mol. The van der Waals surface area contributed by atoms with Gasteiger partial charge in [-0.05, 0) is 104 Å². The number of benzene rings is 6. The van der Waals surface area contributed by atoms with Crippen molar-refractivity contribution in [2.24, 2.45) is 10.7 Å². The number of rotatable bonds is 6. The van der Waals surface area contributed by atoms with Gasteiger partial charge in [0, 0.05) is 23.0 Å². The van der Waals surface area contributed by atoms with Gasteiger partial charge in [0.05, 0.1) is 6.54 Å². The zero-order valence-corrected chi connectivity index (χ0v) is 27.1. The van der Waals surface area contributed by atoms with Crippen LogP contribution in [0.25, 0.3) is 60.3 Å². The summed E-state index contributed by atoms with van der Waals surface area (Å²) in [5.74, 6) is 0.613. The maximum Gasteiger partial charge on any atom is 0.136 e. The number of allylic oxidation sites excluding steroid dienone is 5.